The van der Waals surface area contributed by atoms with Gasteiger partial charge in [0.15, 0.2) is 0 Å². The number of nitrogens with zero attached hydrogens (tertiary/aromatic N) is 1. The van der Waals surface area contributed by atoms with Crippen LogP contribution in [-0.4, -0.2) is 43.1 Å². The van der Waals surface area contributed by atoms with E-state index in [2.05, 4.69) is 18.8 Å². The van der Waals surface area contributed by atoms with Gasteiger partial charge in [0.05, 0.1) is 0 Å². The third-order valence-corrected chi connectivity index (χ3v) is 3.94. The molecular weight excluding hydrogens is 276 g/mol. The SMILES string of the molecule is C=CCOc1ccc(C(=O)N(CCC)C2CCNCC2)cc1. The van der Waals surface area contributed by atoms with Crippen molar-refractivity contribution in [3.8, 4) is 5.75 Å². The Kier molecular flexibility index (Phi) is 6.46. The highest BCUT2D eigenvalue weighted by Gasteiger charge is 2.25. The Labute approximate surface area is 133 Å². The highest BCUT2D eigenvalue weighted by atomic mass is 16.5. The summed E-state index contributed by atoms with van der Waals surface area (Å²) in [6.45, 7) is 9.02. The van der Waals surface area contributed by atoms with Gasteiger partial charge in [-0.3, -0.25) is 4.79 Å². The Morgan fingerprint density at radius 1 is 1.36 bits per heavy atom. The average Bonchev–Trinajstić information content (AvgIpc) is 2.58. The fraction of sp³-hybridized carbons (Fsp3) is 0.500. The first-order valence-electron chi connectivity index (χ1n) is 8.11. The van der Waals surface area contributed by atoms with Crippen LogP contribution >= 0.6 is 0 Å². The van der Waals surface area contributed by atoms with Crippen molar-refractivity contribution < 1.29 is 9.53 Å². The number of hydrogen-bond acceptors (Lipinski definition) is 3. The Morgan fingerprint density at radius 3 is 2.64 bits per heavy atom. The predicted molar refractivity (Wildman–Crippen MR) is 89.4 cm³/mol. The molecule has 0 aliphatic carbocycles. The second-order valence-corrected chi connectivity index (χ2v) is 5.60. The lowest BCUT2D eigenvalue weighted by molar-refractivity contribution is 0.0642. The first-order chi connectivity index (χ1) is 10.8. The summed E-state index contributed by atoms with van der Waals surface area (Å²) in [5, 5.41) is 3.35. The fourth-order valence-corrected chi connectivity index (χ4v) is 2.82. The minimum absolute atomic E-state index is 0.129. The third-order valence-electron chi connectivity index (χ3n) is 3.94. The number of rotatable bonds is 7. The minimum Gasteiger partial charge on any atom is -0.490 e. The van der Waals surface area contributed by atoms with E-state index in [0.717, 1.165) is 50.2 Å². The summed E-state index contributed by atoms with van der Waals surface area (Å²) < 4.78 is 5.46. The van der Waals surface area contributed by atoms with Crippen molar-refractivity contribution in [2.75, 3.05) is 26.2 Å². The van der Waals surface area contributed by atoms with Crippen LogP contribution in [0.25, 0.3) is 0 Å². The normalized spacial score (nSPS) is 15.3. The molecule has 0 aromatic heterocycles. The van der Waals surface area contributed by atoms with Gasteiger partial charge in [0.2, 0.25) is 0 Å². The maximum Gasteiger partial charge on any atom is 0.254 e. The first-order valence-corrected chi connectivity index (χ1v) is 8.11. The molecule has 4 nitrogen and oxygen atoms in total. The van der Waals surface area contributed by atoms with E-state index in [1.54, 1.807) is 6.08 Å². The zero-order valence-corrected chi connectivity index (χ0v) is 13.4. The molecule has 4 heteroatoms. The number of carbonyl (C=O) groups excluding carboxylic acids is 1. The van der Waals surface area contributed by atoms with E-state index in [-0.39, 0.29) is 5.91 Å². The number of hydrogen-bond donors (Lipinski definition) is 1. The summed E-state index contributed by atoms with van der Waals surface area (Å²) in [6.07, 6.45) is 4.76. The largest absolute Gasteiger partial charge is 0.490 e. The molecule has 2 rings (SSSR count). The van der Waals surface area contributed by atoms with Gasteiger partial charge in [-0.1, -0.05) is 19.6 Å². The Balaban J connectivity index is 2.06. The lowest BCUT2D eigenvalue weighted by atomic mass is 10.0. The minimum atomic E-state index is 0.129. The van der Waals surface area contributed by atoms with Gasteiger partial charge in [-0.15, -0.1) is 0 Å². The van der Waals surface area contributed by atoms with E-state index >= 15 is 0 Å². The van der Waals surface area contributed by atoms with Gasteiger partial charge in [0, 0.05) is 18.2 Å². The van der Waals surface area contributed by atoms with Crippen LogP contribution in [0.4, 0.5) is 0 Å². The number of piperidine rings is 1. The van der Waals surface area contributed by atoms with Crippen LogP contribution in [-0.2, 0) is 0 Å². The molecular formula is C18H26N2O2. The summed E-state index contributed by atoms with van der Waals surface area (Å²) in [6, 6.07) is 7.76. The highest BCUT2D eigenvalue weighted by Crippen LogP contribution is 2.18. The summed E-state index contributed by atoms with van der Waals surface area (Å²) in [5.41, 5.74) is 0.734. The van der Waals surface area contributed by atoms with E-state index in [9.17, 15) is 4.79 Å². The quantitative estimate of drug-likeness (QED) is 0.788. The molecule has 1 aromatic rings. The van der Waals surface area contributed by atoms with Gasteiger partial charge in [-0.2, -0.15) is 0 Å². The second-order valence-electron chi connectivity index (χ2n) is 5.60. The number of carbonyl (C=O) groups is 1. The van der Waals surface area contributed by atoms with Crippen molar-refractivity contribution in [2.45, 2.75) is 32.2 Å². The summed E-state index contributed by atoms with van der Waals surface area (Å²) in [4.78, 5) is 14.9. The van der Waals surface area contributed by atoms with Crippen LogP contribution in [0.15, 0.2) is 36.9 Å². The van der Waals surface area contributed by atoms with Gasteiger partial charge in [0.25, 0.3) is 5.91 Å². The van der Waals surface area contributed by atoms with Crippen molar-refractivity contribution in [3.05, 3.63) is 42.5 Å². The zero-order valence-electron chi connectivity index (χ0n) is 13.4. The number of nitrogens with one attached hydrogen (secondary N) is 1. The summed E-state index contributed by atoms with van der Waals surface area (Å²) >= 11 is 0. The Morgan fingerprint density at radius 2 is 2.05 bits per heavy atom. The van der Waals surface area contributed by atoms with E-state index in [4.69, 9.17) is 4.74 Å². The maximum absolute atomic E-state index is 12.8. The molecule has 0 saturated carbocycles. The molecule has 0 spiro atoms. The van der Waals surface area contributed by atoms with Crippen LogP contribution in [0.5, 0.6) is 5.75 Å². The average molecular weight is 302 g/mol. The second kappa shape index (κ2) is 8.59. The molecule has 120 valence electrons. The van der Waals surface area contributed by atoms with Crippen molar-refractivity contribution in [2.24, 2.45) is 0 Å². The van der Waals surface area contributed by atoms with Crippen LogP contribution < -0.4 is 10.1 Å². The molecule has 1 heterocycles. The molecule has 1 saturated heterocycles. The highest BCUT2D eigenvalue weighted by molar-refractivity contribution is 5.94. The smallest absolute Gasteiger partial charge is 0.254 e. The third kappa shape index (κ3) is 4.34. The van der Waals surface area contributed by atoms with Crippen molar-refractivity contribution in [1.82, 2.24) is 10.2 Å². The van der Waals surface area contributed by atoms with Gasteiger partial charge >= 0.3 is 0 Å². The van der Waals surface area contributed by atoms with Gasteiger partial charge < -0.3 is 15.0 Å². The van der Waals surface area contributed by atoms with Crippen LogP contribution in [0.2, 0.25) is 0 Å². The molecule has 1 N–H and O–H groups in total. The standard InChI is InChI=1S/C18H26N2O2/c1-3-13-20(16-9-11-19-12-10-16)18(21)15-5-7-17(8-6-15)22-14-4-2/h4-8,16,19H,2-3,9-14H2,1H3. The zero-order chi connectivity index (χ0) is 15.8. The summed E-state index contributed by atoms with van der Waals surface area (Å²) in [7, 11) is 0. The van der Waals surface area contributed by atoms with Crippen molar-refractivity contribution in [1.29, 1.82) is 0 Å². The van der Waals surface area contributed by atoms with Gasteiger partial charge in [-0.05, 0) is 56.6 Å². The molecule has 1 amide bonds. The molecule has 1 aliphatic rings. The molecule has 0 bridgehead atoms. The maximum atomic E-state index is 12.8. The first kappa shape index (κ1) is 16.6. The van der Waals surface area contributed by atoms with Crippen LogP contribution in [0.3, 0.4) is 0 Å². The van der Waals surface area contributed by atoms with Crippen LogP contribution in [0, 0.1) is 0 Å². The molecule has 1 aliphatic heterocycles. The lowest BCUT2D eigenvalue weighted by Crippen LogP contribution is -2.46. The van der Waals surface area contributed by atoms with Crippen molar-refractivity contribution in [3.63, 3.8) is 0 Å². The lowest BCUT2D eigenvalue weighted by Gasteiger charge is -2.34. The van der Waals surface area contributed by atoms with Gasteiger partial charge in [0.1, 0.15) is 12.4 Å². The summed E-state index contributed by atoms with van der Waals surface area (Å²) in [5.74, 6) is 0.893. The molecule has 1 fully saturated rings. The molecule has 0 radical (unpaired) electrons. The van der Waals surface area contributed by atoms with Crippen molar-refractivity contribution >= 4 is 5.91 Å². The van der Waals surface area contributed by atoms with E-state index in [1.165, 1.54) is 0 Å². The molecule has 0 atom stereocenters. The monoisotopic (exact) mass is 302 g/mol. The van der Waals surface area contributed by atoms with Crippen LogP contribution in [0.1, 0.15) is 36.5 Å². The predicted octanol–water partition coefficient (Wildman–Crippen LogP) is 2.86. The Bertz CT molecular complexity index is 478. The Hall–Kier alpha value is -1.81. The van der Waals surface area contributed by atoms with E-state index < -0.39 is 0 Å². The number of ether oxygens (including phenoxy) is 1. The van der Waals surface area contributed by atoms with E-state index in [1.807, 2.05) is 29.2 Å². The molecule has 22 heavy (non-hydrogen) atoms. The molecule has 1 aromatic carbocycles. The van der Waals surface area contributed by atoms with Gasteiger partial charge in [-0.25, -0.2) is 0 Å². The topological polar surface area (TPSA) is 41.6 Å². The number of benzene rings is 1. The fourth-order valence-electron chi connectivity index (χ4n) is 2.82. The number of amides is 1. The molecule has 0 unspecified atom stereocenters. The van der Waals surface area contributed by atoms with E-state index in [0.29, 0.717) is 12.6 Å².